The van der Waals surface area contributed by atoms with Crippen molar-refractivity contribution in [2.45, 2.75) is 27.7 Å². The van der Waals surface area contributed by atoms with Crippen LogP contribution in [0.4, 0.5) is 0 Å². The predicted octanol–water partition coefficient (Wildman–Crippen LogP) is 4.33. The zero-order chi connectivity index (χ0) is 19.1. The Bertz CT molecular complexity index is 912. The van der Waals surface area contributed by atoms with E-state index in [1.165, 1.54) is 18.2 Å². The van der Waals surface area contributed by atoms with E-state index in [9.17, 15) is 25.2 Å². The van der Waals surface area contributed by atoms with Gasteiger partial charge in [-0.2, -0.15) is 0 Å². The third-order valence-electron chi connectivity index (χ3n) is 3.10. The summed E-state index contributed by atoms with van der Waals surface area (Å²) in [7, 11) is 0. The summed E-state index contributed by atoms with van der Waals surface area (Å²) >= 11 is 0. The van der Waals surface area contributed by atoms with Crippen LogP contribution in [-0.4, -0.2) is 20.4 Å². The molecule has 1 heterocycles. The molecule has 1 aromatic heterocycles. The minimum atomic E-state index is -0.454. The summed E-state index contributed by atoms with van der Waals surface area (Å²) in [5, 5.41) is 38.3. The lowest BCUT2D eigenvalue weighted by Crippen LogP contribution is -2.00. The van der Waals surface area contributed by atoms with Gasteiger partial charge in [0.25, 0.3) is 0 Å². The molecule has 0 saturated heterocycles. The van der Waals surface area contributed by atoms with E-state index in [0.29, 0.717) is 0 Å². The number of fused-ring (bicyclic) bond motifs is 1. The van der Waals surface area contributed by atoms with E-state index in [-0.39, 0.29) is 28.0 Å². The summed E-state index contributed by atoms with van der Waals surface area (Å²) in [6, 6.07) is 7.59. The standard InChI is InChI=1S/C15H10O6.2C2H6/c16-9-3-1-2-7(15(9)20)13-5-10(17)8-4-11(18)12(19)6-14(8)21-13;2*1-2/h1-6,16,18-20H;2*1-2H3. The Morgan fingerprint density at radius 1 is 0.800 bits per heavy atom. The van der Waals surface area contributed by atoms with Crippen molar-refractivity contribution < 1.29 is 24.8 Å². The largest absolute Gasteiger partial charge is 0.504 e. The molecule has 0 amide bonds. The fourth-order valence-corrected chi connectivity index (χ4v) is 2.04. The van der Waals surface area contributed by atoms with E-state index in [2.05, 4.69) is 0 Å². The van der Waals surface area contributed by atoms with Crippen molar-refractivity contribution in [3.8, 4) is 34.3 Å². The maximum atomic E-state index is 12.0. The van der Waals surface area contributed by atoms with Crippen molar-refractivity contribution in [2.75, 3.05) is 0 Å². The Kier molecular flexibility index (Phi) is 6.87. The van der Waals surface area contributed by atoms with Crippen LogP contribution < -0.4 is 5.43 Å². The number of benzene rings is 2. The van der Waals surface area contributed by atoms with E-state index >= 15 is 0 Å². The van der Waals surface area contributed by atoms with E-state index in [1.54, 1.807) is 0 Å². The predicted molar refractivity (Wildman–Crippen MR) is 97.3 cm³/mol. The van der Waals surface area contributed by atoms with Gasteiger partial charge in [0.05, 0.1) is 10.9 Å². The maximum Gasteiger partial charge on any atom is 0.193 e. The highest BCUT2D eigenvalue weighted by Crippen LogP contribution is 2.37. The molecule has 0 bridgehead atoms. The zero-order valence-electron chi connectivity index (χ0n) is 14.6. The minimum Gasteiger partial charge on any atom is -0.504 e. The van der Waals surface area contributed by atoms with Crippen LogP contribution in [0.15, 0.2) is 45.6 Å². The molecular formula is C19H22O6. The van der Waals surface area contributed by atoms with Crippen LogP contribution in [0.2, 0.25) is 0 Å². The van der Waals surface area contributed by atoms with Gasteiger partial charge in [-0.15, -0.1) is 0 Å². The zero-order valence-corrected chi connectivity index (χ0v) is 14.6. The molecule has 0 aliphatic heterocycles. The van der Waals surface area contributed by atoms with Gasteiger partial charge in [0.1, 0.15) is 11.3 Å². The molecule has 0 aliphatic rings. The van der Waals surface area contributed by atoms with Crippen molar-refractivity contribution >= 4 is 11.0 Å². The number of aromatic hydroxyl groups is 4. The van der Waals surface area contributed by atoms with Crippen molar-refractivity contribution in [1.82, 2.24) is 0 Å². The first-order chi connectivity index (χ1) is 12.0. The third-order valence-corrected chi connectivity index (χ3v) is 3.10. The van der Waals surface area contributed by atoms with Crippen LogP contribution in [0, 0.1) is 0 Å². The number of phenols is 4. The van der Waals surface area contributed by atoms with Crippen molar-refractivity contribution in [3.63, 3.8) is 0 Å². The average molecular weight is 346 g/mol. The molecule has 0 radical (unpaired) electrons. The van der Waals surface area contributed by atoms with E-state index in [1.807, 2.05) is 27.7 Å². The van der Waals surface area contributed by atoms with Crippen molar-refractivity contribution in [2.24, 2.45) is 0 Å². The molecule has 2 aromatic carbocycles. The normalized spacial score (nSPS) is 9.60. The quantitative estimate of drug-likeness (QED) is 0.488. The smallest absolute Gasteiger partial charge is 0.193 e. The summed E-state index contributed by atoms with van der Waals surface area (Å²) in [5.41, 5.74) is -0.263. The molecular weight excluding hydrogens is 324 g/mol. The second-order valence-corrected chi connectivity index (χ2v) is 4.49. The second kappa shape index (κ2) is 8.63. The third kappa shape index (κ3) is 4.03. The lowest BCUT2D eigenvalue weighted by molar-refractivity contribution is 0.402. The number of hydrogen-bond donors (Lipinski definition) is 4. The average Bonchev–Trinajstić information content (AvgIpc) is 2.62. The molecule has 6 heteroatoms. The lowest BCUT2D eigenvalue weighted by Gasteiger charge is -2.07. The number of para-hydroxylation sites is 1. The Morgan fingerprint density at radius 3 is 2.04 bits per heavy atom. The van der Waals surface area contributed by atoms with Crippen LogP contribution in [0.3, 0.4) is 0 Å². The highest BCUT2D eigenvalue weighted by Gasteiger charge is 2.14. The number of rotatable bonds is 1. The molecule has 134 valence electrons. The Balaban J connectivity index is 0.000000730. The van der Waals surface area contributed by atoms with Gasteiger partial charge < -0.3 is 24.8 Å². The molecule has 4 N–H and O–H groups in total. The Hall–Kier alpha value is -3.15. The van der Waals surface area contributed by atoms with Crippen LogP contribution in [0.1, 0.15) is 27.7 Å². The lowest BCUT2D eigenvalue weighted by atomic mass is 10.1. The summed E-state index contributed by atoms with van der Waals surface area (Å²) in [6.45, 7) is 8.00. The molecule has 0 unspecified atom stereocenters. The first-order valence-electron chi connectivity index (χ1n) is 7.98. The molecule has 0 saturated carbocycles. The fourth-order valence-electron chi connectivity index (χ4n) is 2.04. The molecule has 3 aromatic rings. The van der Waals surface area contributed by atoms with Crippen LogP contribution in [-0.2, 0) is 0 Å². The van der Waals surface area contributed by atoms with Gasteiger partial charge in [-0.25, -0.2) is 0 Å². The molecule has 0 spiro atoms. The van der Waals surface area contributed by atoms with Gasteiger partial charge in [0.15, 0.2) is 28.4 Å². The second-order valence-electron chi connectivity index (χ2n) is 4.49. The molecule has 0 atom stereocenters. The number of hydrogen-bond acceptors (Lipinski definition) is 6. The fraction of sp³-hybridized carbons (Fsp3) is 0.211. The molecule has 0 fully saturated rings. The maximum absolute atomic E-state index is 12.0. The van der Waals surface area contributed by atoms with Gasteiger partial charge in [0.2, 0.25) is 0 Å². The topological polar surface area (TPSA) is 111 Å². The molecule has 0 aliphatic carbocycles. The van der Waals surface area contributed by atoms with Crippen molar-refractivity contribution in [1.29, 1.82) is 0 Å². The first kappa shape index (κ1) is 19.9. The molecule has 25 heavy (non-hydrogen) atoms. The Labute approximate surface area is 145 Å². The summed E-state index contributed by atoms with van der Waals surface area (Å²) in [5.74, 6) is -1.58. The number of phenolic OH excluding ortho intramolecular Hbond substituents is 4. The van der Waals surface area contributed by atoms with Gasteiger partial charge in [-0.05, 0) is 18.2 Å². The SMILES string of the molecule is CC.CC.O=c1cc(-c2cccc(O)c2O)oc2cc(O)c(O)cc12. The van der Waals surface area contributed by atoms with Gasteiger partial charge in [-0.3, -0.25) is 4.79 Å². The summed E-state index contributed by atoms with van der Waals surface area (Å²) in [6.07, 6.45) is 0. The monoisotopic (exact) mass is 346 g/mol. The van der Waals surface area contributed by atoms with E-state index in [0.717, 1.165) is 18.2 Å². The van der Waals surface area contributed by atoms with Crippen LogP contribution in [0.25, 0.3) is 22.3 Å². The van der Waals surface area contributed by atoms with E-state index < -0.39 is 22.7 Å². The first-order valence-corrected chi connectivity index (χ1v) is 7.98. The summed E-state index contributed by atoms with van der Waals surface area (Å²) in [4.78, 5) is 12.0. The van der Waals surface area contributed by atoms with Crippen LogP contribution in [0.5, 0.6) is 23.0 Å². The summed E-state index contributed by atoms with van der Waals surface area (Å²) < 4.78 is 5.46. The van der Waals surface area contributed by atoms with Crippen LogP contribution >= 0.6 is 0 Å². The van der Waals surface area contributed by atoms with Gasteiger partial charge >= 0.3 is 0 Å². The van der Waals surface area contributed by atoms with E-state index in [4.69, 9.17) is 4.42 Å². The highest BCUT2D eigenvalue weighted by atomic mass is 16.3. The minimum absolute atomic E-state index is 0.0333. The van der Waals surface area contributed by atoms with Gasteiger partial charge in [0, 0.05) is 12.1 Å². The van der Waals surface area contributed by atoms with Crippen molar-refractivity contribution in [3.05, 3.63) is 46.6 Å². The highest BCUT2D eigenvalue weighted by molar-refractivity contribution is 5.83. The Morgan fingerprint density at radius 2 is 1.40 bits per heavy atom. The molecule has 6 nitrogen and oxygen atoms in total. The molecule has 3 rings (SSSR count). The van der Waals surface area contributed by atoms with Gasteiger partial charge in [-0.1, -0.05) is 33.8 Å².